The molecule has 126 valence electrons. The van der Waals surface area contributed by atoms with Crippen molar-refractivity contribution in [1.29, 1.82) is 0 Å². The van der Waals surface area contributed by atoms with Crippen LogP contribution in [0.25, 0.3) is 0 Å². The highest BCUT2D eigenvalue weighted by atomic mass is 35.5. The minimum Gasteiger partial charge on any atom is -0.487 e. The van der Waals surface area contributed by atoms with E-state index in [0.717, 1.165) is 0 Å². The van der Waals surface area contributed by atoms with Gasteiger partial charge in [0.25, 0.3) is 5.91 Å². The number of halogens is 2. The van der Waals surface area contributed by atoms with Crippen LogP contribution in [0.4, 0.5) is 10.1 Å². The van der Waals surface area contributed by atoms with Crippen LogP contribution in [0.5, 0.6) is 5.75 Å². The normalized spacial score (nSPS) is 10.3. The highest BCUT2D eigenvalue weighted by Crippen LogP contribution is 2.28. The van der Waals surface area contributed by atoms with Gasteiger partial charge in [-0.05, 0) is 48.0 Å². The molecule has 0 atom stereocenters. The lowest BCUT2D eigenvalue weighted by Crippen LogP contribution is -2.13. The van der Waals surface area contributed by atoms with Gasteiger partial charge >= 0.3 is 0 Å². The van der Waals surface area contributed by atoms with Crippen molar-refractivity contribution in [3.63, 3.8) is 0 Å². The molecule has 0 aliphatic carbocycles. The number of benzene rings is 2. The number of nitrogens with one attached hydrogen (secondary N) is 1. The largest absolute Gasteiger partial charge is 0.487 e. The molecule has 1 heterocycles. The van der Waals surface area contributed by atoms with Crippen LogP contribution in [0.3, 0.4) is 0 Å². The molecule has 0 radical (unpaired) electrons. The van der Waals surface area contributed by atoms with Crippen molar-refractivity contribution < 1.29 is 13.9 Å². The Morgan fingerprint density at radius 1 is 1.12 bits per heavy atom. The van der Waals surface area contributed by atoms with E-state index in [2.05, 4.69) is 10.3 Å². The molecule has 0 spiro atoms. The second kappa shape index (κ2) is 7.77. The van der Waals surface area contributed by atoms with Crippen molar-refractivity contribution in [3.8, 4) is 5.75 Å². The van der Waals surface area contributed by atoms with Crippen LogP contribution in [0.2, 0.25) is 5.02 Å². The summed E-state index contributed by atoms with van der Waals surface area (Å²) < 4.78 is 18.8. The number of amides is 1. The van der Waals surface area contributed by atoms with E-state index in [-0.39, 0.29) is 18.3 Å². The molecule has 0 saturated carbocycles. The number of carbonyl (C=O) groups is 1. The van der Waals surface area contributed by atoms with Gasteiger partial charge in [0.1, 0.15) is 23.9 Å². The van der Waals surface area contributed by atoms with Crippen LogP contribution < -0.4 is 10.1 Å². The van der Waals surface area contributed by atoms with Crippen LogP contribution >= 0.6 is 11.6 Å². The van der Waals surface area contributed by atoms with Crippen molar-refractivity contribution in [2.24, 2.45) is 0 Å². The van der Waals surface area contributed by atoms with Gasteiger partial charge in [-0.15, -0.1) is 0 Å². The van der Waals surface area contributed by atoms with Crippen molar-refractivity contribution in [2.75, 3.05) is 5.32 Å². The highest BCUT2D eigenvalue weighted by Gasteiger charge is 2.09. The second-order valence-electron chi connectivity index (χ2n) is 5.23. The Bertz CT molecular complexity index is 888. The number of hydrogen-bond acceptors (Lipinski definition) is 3. The maximum absolute atomic E-state index is 13.2. The summed E-state index contributed by atoms with van der Waals surface area (Å²) in [6.45, 7) is 0.192. The van der Waals surface area contributed by atoms with Crippen LogP contribution in [0.15, 0.2) is 66.9 Å². The smallest absolute Gasteiger partial charge is 0.274 e. The number of aromatic nitrogens is 1. The van der Waals surface area contributed by atoms with Crippen LogP contribution in [0, 0.1) is 5.82 Å². The SMILES string of the molecule is O=C(Nc1ccc(OCc2cccc(F)c2)c(Cl)c1)c1ccccn1. The van der Waals surface area contributed by atoms with Gasteiger partial charge < -0.3 is 10.1 Å². The third-order valence-corrected chi connectivity index (χ3v) is 3.67. The molecule has 0 bridgehead atoms. The molecule has 25 heavy (non-hydrogen) atoms. The van der Waals surface area contributed by atoms with Gasteiger partial charge in [-0.1, -0.05) is 29.8 Å². The minimum absolute atomic E-state index is 0.192. The van der Waals surface area contributed by atoms with Crippen LogP contribution in [-0.4, -0.2) is 10.9 Å². The number of ether oxygens (including phenoxy) is 1. The van der Waals surface area contributed by atoms with Crippen molar-refractivity contribution in [3.05, 3.63) is 89.0 Å². The fraction of sp³-hybridized carbons (Fsp3) is 0.0526. The lowest BCUT2D eigenvalue weighted by Gasteiger charge is -2.10. The predicted molar refractivity (Wildman–Crippen MR) is 94.4 cm³/mol. The number of nitrogens with zero attached hydrogens (tertiary/aromatic N) is 1. The summed E-state index contributed by atoms with van der Waals surface area (Å²) in [5, 5.41) is 3.06. The molecule has 0 fully saturated rings. The summed E-state index contributed by atoms with van der Waals surface area (Å²) in [6.07, 6.45) is 1.55. The number of anilines is 1. The Balaban J connectivity index is 1.65. The van der Waals surface area contributed by atoms with Gasteiger partial charge in [-0.25, -0.2) is 4.39 Å². The van der Waals surface area contributed by atoms with E-state index in [1.807, 2.05) is 0 Å². The average molecular weight is 357 g/mol. The summed E-state index contributed by atoms with van der Waals surface area (Å²) in [4.78, 5) is 16.1. The van der Waals surface area contributed by atoms with Crippen LogP contribution in [0.1, 0.15) is 16.1 Å². The molecule has 0 saturated heterocycles. The van der Waals surface area contributed by atoms with E-state index in [1.54, 1.807) is 54.7 Å². The van der Waals surface area contributed by atoms with E-state index in [4.69, 9.17) is 16.3 Å². The van der Waals surface area contributed by atoms with Gasteiger partial charge in [0.15, 0.2) is 0 Å². The lowest BCUT2D eigenvalue weighted by atomic mass is 10.2. The maximum Gasteiger partial charge on any atom is 0.274 e. The number of hydrogen-bond donors (Lipinski definition) is 1. The highest BCUT2D eigenvalue weighted by molar-refractivity contribution is 6.32. The molecule has 3 aromatic rings. The standard InChI is InChI=1S/C19H14ClFN2O2/c20-16-11-15(23-19(24)17-6-1-2-9-22-17)7-8-18(16)25-12-13-4-3-5-14(21)10-13/h1-11H,12H2,(H,23,24). The molecule has 6 heteroatoms. The molecule has 1 aromatic heterocycles. The van der Waals surface area contributed by atoms with Gasteiger partial charge in [-0.2, -0.15) is 0 Å². The summed E-state index contributed by atoms with van der Waals surface area (Å²) in [5.41, 5.74) is 1.53. The molecule has 0 unspecified atom stereocenters. The Labute approximate surface area is 149 Å². The molecular formula is C19H14ClFN2O2. The maximum atomic E-state index is 13.2. The first-order chi connectivity index (χ1) is 12.1. The molecular weight excluding hydrogens is 343 g/mol. The Kier molecular flexibility index (Phi) is 5.26. The molecule has 1 amide bonds. The zero-order valence-electron chi connectivity index (χ0n) is 13.1. The molecule has 0 aliphatic heterocycles. The quantitative estimate of drug-likeness (QED) is 0.720. The van der Waals surface area contributed by atoms with E-state index < -0.39 is 0 Å². The van der Waals surface area contributed by atoms with Crippen molar-refractivity contribution in [1.82, 2.24) is 4.98 Å². The topological polar surface area (TPSA) is 51.2 Å². The zero-order valence-corrected chi connectivity index (χ0v) is 13.8. The van der Waals surface area contributed by atoms with E-state index in [9.17, 15) is 9.18 Å². The zero-order chi connectivity index (χ0) is 17.6. The molecule has 1 N–H and O–H groups in total. The molecule has 0 aliphatic rings. The summed E-state index contributed by atoms with van der Waals surface area (Å²) in [5.74, 6) is -0.202. The number of rotatable bonds is 5. The summed E-state index contributed by atoms with van der Waals surface area (Å²) in [7, 11) is 0. The lowest BCUT2D eigenvalue weighted by molar-refractivity contribution is 0.102. The van der Waals surface area contributed by atoms with E-state index in [1.165, 1.54) is 12.1 Å². The predicted octanol–water partition coefficient (Wildman–Crippen LogP) is 4.71. The van der Waals surface area contributed by atoms with Gasteiger partial charge in [0, 0.05) is 11.9 Å². The van der Waals surface area contributed by atoms with Crippen LogP contribution in [-0.2, 0) is 6.61 Å². The second-order valence-corrected chi connectivity index (χ2v) is 5.64. The molecule has 3 rings (SSSR count). The Morgan fingerprint density at radius 3 is 2.72 bits per heavy atom. The Morgan fingerprint density at radius 2 is 2.00 bits per heavy atom. The monoisotopic (exact) mass is 356 g/mol. The number of pyridine rings is 1. The van der Waals surface area contributed by atoms with E-state index >= 15 is 0 Å². The first-order valence-electron chi connectivity index (χ1n) is 7.51. The van der Waals surface area contributed by atoms with Gasteiger partial charge in [-0.3, -0.25) is 9.78 Å². The summed E-state index contributed by atoms with van der Waals surface area (Å²) in [6, 6.07) is 16.1. The molecule has 2 aromatic carbocycles. The number of carbonyl (C=O) groups excluding carboxylic acids is 1. The summed E-state index contributed by atoms with van der Waals surface area (Å²) >= 11 is 6.19. The van der Waals surface area contributed by atoms with Gasteiger partial charge in [0.05, 0.1) is 5.02 Å². The van der Waals surface area contributed by atoms with Crippen molar-refractivity contribution in [2.45, 2.75) is 6.61 Å². The first kappa shape index (κ1) is 16.9. The molecule has 4 nitrogen and oxygen atoms in total. The first-order valence-corrected chi connectivity index (χ1v) is 7.89. The average Bonchev–Trinajstić information content (AvgIpc) is 2.62. The van der Waals surface area contributed by atoms with Crippen molar-refractivity contribution >= 4 is 23.2 Å². The third-order valence-electron chi connectivity index (χ3n) is 3.37. The fourth-order valence-corrected chi connectivity index (χ4v) is 2.41. The fourth-order valence-electron chi connectivity index (χ4n) is 2.18. The third kappa shape index (κ3) is 4.55. The van der Waals surface area contributed by atoms with Gasteiger partial charge in [0.2, 0.25) is 0 Å². The van der Waals surface area contributed by atoms with E-state index in [0.29, 0.717) is 27.7 Å². The Hall–Kier alpha value is -2.92. The minimum atomic E-state index is -0.329.